The Hall–Kier alpha value is -5.29. The summed E-state index contributed by atoms with van der Waals surface area (Å²) in [5.74, 6) is -3.86. The van der Waals surface area contributed by atoms with E-state index in [9.17, 15) is 49.0 Å². The van der Waals surface area contributed by atoms with E-state index in [2.05, 4.69) is 16.1 Å². The Kier molecular flexibility index (Phi) is 17.2. The molecule has 0 atom stereocenters. The number of nitro benzene ring substituents is 2. The van der Waals surface area contributed by atoms with Gasteiger partial charge in [0.2, 0.25) is 5.91 Å². The van der Waals surface area contributed by atoms with E-state index in [4.69, 9.17) is 10.5 Å². The van der Waals surface area contributed by atoms with Crippen LogP contribution in [0.4, 0.5) is 20.9 Å². The Morgan fingerprint density at radius 2 is 1.04 bits per heavy atom. The van der Waals surface area contributed by atoms with Crippen molar-refractivity contribution >= 4 is 70.2 Å². The molecule has 2 aromatic carbocycles. The number of nitrogens with two attached hydrogens (primary N) is 1. The van der Waals surface area contributed by atoms with Crippen molar-refractivity contribution in [1.29, 1.82) is 0 Å². The third-order valence-electron chi connectivity index (χ3n) is 7.96. The smallest absolute Gasteiger partial charge is 0.408 e. The maximum Gasteiger partial charge on any atom is 0.408 e. The molecule has 21 heteroatoms. The summed E-state index contributed by atoms with van der Waals surface area (Å²) in [5.41, 5.74) is 5.54. The number of non-ortho nitro benzene ring substituents is 2. The first-order valence-corrected chi connectivity index (χ1v) is 22.9. The molecule has 55 heavy (non-hydrogen) atoms. The summed E-state index contributed by atoms with van der Waals surface area (Å²) in [7, 11) is 0. The molecule has 2 amide bonds. The number of hydrogen-bond donors (Lipinski definition) is 2. The second-order valence-electron chi connectivity index (χ2n) is 13.3. The predicted molar refractivity (Wildman–Crippen MR) is 193 cm³/mol. The van der Waals surface area contributed by atoms with E-state index in [0.717, 1.165) is 77.3 Å². The van der Waals surface area contributed by atoms with Crippen molar-refractivity contribution in [3.05, 3.63) is 79.9 Å². The zero-order chi connectivity index (χ0) is 41.1. The van der Waals surface area contributed by atoms with Crippen molar-refractivity contribution in [2.75, 3.05) is 0 Å². The average molecular weight is 979 g/mol. The van der Waals surface area contributed by atoms with Crippen LogP contribution < -0.4 is 11.1 Å². The van der Waals surface area contributed by atoms with E-state index in [-0.39, 0.29) is 23.4 Å². The number of hydrogen-bond acceptors (Lipinski definition) is 15. The molecule has 2 saturated carbocycles. The number of nitro groups is 2. The largest absolute Gasteiger partial charge is 0.444 e. The maximum atomic E-state index is 12.0. The van der Waals surface area contributed by atoms with Crippen LogP contribution in [-0.2, 0) is 50.4 Å². The van der Waals surface area contributed by atoms with E-state index < -0.39 is 79.4 Å². The van der Waals surface area contributed by atoms with E-state index in [1.165, 1.54) is 24.3 Å². The fourth-order valence-corrected chi connectivity index (χ4v) is 11.8. The van der Waals surface area contributed by atoms with Crippen LogP contribution in [0.2, 0.25) is 0 Å². The Morgan fingerprint density at radius 3 is 1.27 bits per heavy atom. The van der Waals surface area contributed by atoms with Gasteiger partial charge in [-0.05, 0) is 76.1 Å². The van der Waals surface area contributed by atoms with Crippen molar-refractivity contribution in [3.63, 3.8) is 0 Å². The van der Waals surface area contributed by atoms with Gasteiger partial charge in [-0.3, -0.25) is 29.7 Å². The number of nitrogens with one attached hydrogen (secondary N) is 1. The van der Waals surface area contributed by atoms with Crippen LogP contribution in [0, 0.1) is 20.2 Å². The third-order valence-corrected chi connectivity index (χ3v) is 16.3. The molecular formula is C34H47FN4O15Pb. The number of primary amides is 1. The number of carbonyl (C=O) groups excluding carboxylic acids is 6. The van der Waals surface area contributed by atoms with Gasteiger partial charge in [0, 0.05) is 25.7 Å². The summed E-state index contributed by atoms with van der Waals surface area (Å²) in [6.45, 7) is 9.46. The number of ether oxygens (including phenoxy) is 1. The maximum absolute atomic E-state index is 12.0. The number of benzene rings is 2. The van der Waals surface area contributed by atoms with Gasteiger partial charge in [0.05, 0.1) is 20.8 Å². The monoisotopic (exact) mass is 979 g/mol. The summed E-state index contributed by atoms with van der Waals surface area (Å²) >= 11 is -5.43. The van der Waals surface area contributed by atoms with Gasteiger partial charge in [0.25, 0.3) is 11.4 Å². The minimum absolute atomic E-state index is 0. The average Bonchev–Trinajstić information content (AvgIpc) is 2.97. The van der Waals surface area contributed by atoms with Crippen molar-refractivity contribution in [3.8, 4) is 0 Å². The summed E-state index contributed by atoms with van der Waals surface area (Å²) in [6.07, 6.45) is 4.61. The molecule has 2 aliphatic carbocycles. The zero-order valence-electron chi connectivity index (χ0n) is 31.4. The van der Waals surface area contributed by atoms with Crippen molar-refractivity contribution in [2.24, 2.45) is 5.73 Å². The Morgan fingerprint density at radius 1 is 0.691 bits per heavy atom. The molecule has 0 spiro atoms. The van der Waals surface area contributed by atoms with Gasteiger partial charge in [-0.25, -0.2) is 4.79 Å². The minimum Gasteiger partial charge on any atom is -0.444 e. The number of halogens is 1. The van der Waals surface area contributed by atoms with Crippen LogP contribution in [0.25, 0.3) is 0 Å². The van der Waals surface area contributed by atoms with Crippen LogP contribution in [0.5, 0.6) is 0 Å². The molecule has 4 rings (SSSR count). The van der Waals surface area contributed by atoms with Gasteiger partial charge >= 0.3 is 111 Å². The molecule has 0 unspecified atom stereocenters. The molecule has 0 aliphatic heterocycles. The first kappa shape index (κ1) is 47.7. The number of amides is 2. The Bertz CT molecular complexity index is 1680. The van der Waals surface area contributed by atoms with Crippen LogP contribution in [0.3, 0.4) is 0 Å². The second-order valence-corrected chi connectivity index (χ2v) is 20.4. The fourth-order valence-electron chi connectivity index (χ4n) is 5.36. The molecule has 0 saturated heterocycles. The molecule has 0 radical (unpaired) electrons. The predicted octanol–water partition coefficient (Wildman–Crippen LogP) is 5.07. The van der Waals surface area contributed by atoms with Crippen LogP contribution >= 0.6 is 0 Å². The van der Waals surface area contributed by atoms with Gasteiger partial charge in [-0.15, -0.1) is 0 Å². The minimum atomic E-state index is -5.43. The first-order chi connectivity index (χ1) is 24.9. The zero-order valence-corrected chi connectivity index (χ0v) is 35.3. The normalized spacial score (nSPS) is 14.6. The van der Waals surface area contributed by atoms with Crippen molar-refractivity contribution in [1.82, 2.24) is 5.32 Å². The topological polar surface area (TPSA) is 273 Å². The molecule has 0 bridgehead atoms. The SMILES string of the molecule is CC(=O)[O][Pb]([O]C(C)=O)([O]C(C)=O)[O]C(C)=O.CC(C)(C)OC(=O)NC1(c2ccc([N+](=O)[O-])cc2)CCC1.F.NC(=O)C1(c2ccc([N+](=O)[O-])cc2)CCC1.[2HH]. The molecular weight excluding hydrogens is 931 g/mol. The second kappa shape index (κ2) is 19.9. The van der Waals surface area contributed by atoms with E-state index >= 15 is 0 Å². The number of rotatable bonds is 10. The molecule has 304 valence electrons. The van der Waals surface area contributed by atoms with Crippen LogP contribution in [0.15, 0.2) is 48.5 Å². The molecule has 2 aliphatic rings. The van der Waals surface area contributed by atoms with Crippen molar-refractivity contribution < 1.29 is 60.2 Å². The van der Waals surface area contributed by atoms with E-state index in [0.29, 0.717) is 0 Å². The molecule has 2 aromatic rings. The molecule has 2 fully saturated rings. The van der Waals surface area contributed by atoms with Gasteiger partial charge < -0.3 is 15.8 Å². The van der Waals surface area contributed by atoms with Gasteiger partial charge in [-0.1, -0.05) is 18.6 Å². The van der Waals surface area contributed by atoms with E-state index in [1.54, 1.807) is 24.3 Å². The Balaban J connectivity index is 0.000000805. The summed E-state index contributed by atoms with van der Waals surface area (Å²) in [6, 6.07) is 12.4. The fraction of sp³-hybridized carbons (Fsp3) is 0.471. The first-order valence-electron chi connectivity index (χ1n) is 16.5. The molecule has 3 N–H and O–H groups in total. The quantitative estimate of drug-likeness (QED) is 0.179. The van der Waals surface area contributed by atoms with Crippen LogP contribution in [0.1, 0.15) is 99.5 Å². The van der Waals surface area contributed by atoms with Gasteiger partial charge in [-0.2, -0.15) is 0 Å². The third kappa shape index (κ3) is 14.1. The van der Waals surface area contributed by atoms with Crippen LogP contribution in [-0.4, -0.2) is 74.3 Å². The summed E-state index contributed by atoms with van der Waals surface area (Å²) in [5, 5.41) is 24.1. The number of nitrogens with zero attached hydrogens (tertiary/aromatic N) is 2. The molecule has 19 nitrogen and oxygen atoms in total. The van der Waals surface area contributed by atoms with Gasteiger partial charge in [0.15, 0.2) is 0 Å². The Labute approximate surface area is 323 Å². The molecule has 0 aromatic heterocycles. The standard InChI is InChI=1S/C15H20N2O4.C11H12N2O3.4C2H4O2.FH.Pb.H2/c1-14(2,3)21-13(18)16-15(9-4-10-15)11-5-7-12(8-6-11)17(19)20;12-10(14)11(6-1-7-11)8-2-4-9(5-3-8)13(15)16;4*1-2(3)4;;;/h5-8H,4,9-10H2,1-3H3,(H,16,18);2-5H,1,6-7H2,(H2,12,14);4*1H3,(H,3,4);1H;;1H/q;;;;;;;+4;/p-4/i;;;;;;;;1+1. The summed E-state index contributed by atoms with van der Waals surface area (Å²) in [4.78, 5) is 87.1. The number of carbonyl (C=O) groups is 6. The van der Waals surface area contributed by atoms with E-state index in [1.807, 2.05) is 20.8 Å². The van der Waals surface area contributed by atoms with Crippen molar-refractivity contribution in [2.45, 2.75) is 104 Å². The number of alkyl carbamates (subject to hydrolysis) is 1. The summed E-state index contributed by atoms with van der Waals surface area (Å²) < 4.78 is 23.8. The molecule has 0 heterocycles. The van der Waals surface area contributed by atoms with Gasteiger partial charge in [0.1, 0.15) is 5.60 Å².